The third kappa shape index (κ3) is 3.76. The number of hydrogen-bond acceptors (Lipinski definition) is 4. The molecule has 0 fully saturated rings. The highest BCUT2D eigenvalue weighted by Crippen LogP contribution is 2.23. The van der Waals surface area contributed by atoms with Gasteiger partial charge in [-0.3, -0.25) is 14.6 Å². The van der Waals surface area contributed by atoms with Crippen molar-refractivity contribution in [3.8, 4) is 11.4 Å². The first-order chi connectivity index (χ1) is 15.6. The van der Waals surface area contributed by atoms with E-state index in [1.165, 1.54) is 0 Å². The molecule has 7 heteroatoms. The third-order valence-electron chi connectivity index (χ3n) is 5.50. The molecular formula is C25H21N5O2. The van der Waals surface area contributed by atoms with Crippen LogP contribution in [0, 0.1) is 0 Å². The van der Waals surface area contributed by atoms with Crippen molar-refractivity contribution in [3.05, 3.63) is 94.5 Å². The molecule has 32 heavy (non-hydrogen) atoms. The highest BCUT2D eigenvalue weighted by molar-refractivity contribution is 5.99. The van der Waals surface area contributed by atoms with Crippen LogP contribution in [0.2, 0.25) is 0 Å². The molecule has 0 spiro atoms. The number of H-pyrrole nitrogens is 2. The lowest BCUT2D eigenvalue weighted by Crippen LogP contribution is -2.28. The second kappa shape index (κ2) is 8.11. The zero-order chi connectivity index (χ0) is 22.1. The van der Waals surface area contributed by atoms with Crippen molar-refractivity contribution in [2.24, 2.45) is 0 Å². The predicted molar refractivity (Wildman–Crippen MR) is 125 cm³/mol. The number of aromatic amines is 2. The van der Waals surface area contributed by atoms with Crippen molar-refractivity contribution < 1.29 is 4.79 Å². The number of benzene rings is 2. The maximum atomic E-state index is 12.9. The Labute approximate surface area is 183 Å². The van der Waals surface area contributed by atoms with E-state index < -0.39 is 0 Å². The number of amides is 1. The summed E-state index contributed by atoms with van der Waals surface area (Å²) in [6, 6.07) is 20.5. The highest BCUT2D eigenvalue weighted by Gasteiger charge is 2.15. The summed E-state index contributed by atoms with van der Waals surface area (Å²) >= 11 is 0. The first kappa shape index (κ1) is 19.7. The number of nitrogens with zero attached hydrogens (tertiary/aromatic N) is 3. The van der Waals surface area contributed by atoms with Crippen LogP contribution in [0.25, 0.3) is 33.3 Å². The molecule has 5 rings (SSSR count). The summed E-state index contributed by atoms with van der Waals surface area (Å²) in [7, 11) is 1.79. The minimum Gasteiger partial charge on any atom is -0.353 e. The van der Waals surface area contributed by atoms with Crippen LogP contribution in [-0.4, -0.2) is 44.3 Å². The van der Waals surface area contributed by atoms with Gasteiger partial charge >= 0.3 is 0 Å². The van der Waals surface area contributed by atoms with E-state index >= 15 is 0 Å². The predicted octanol–water partition coefficient (Wildman–Crippen LogP) is 3.78. The van der Waals surface area contributed by atoms with Gasteiger partial charge in [0.25, 0.3) is 11.5 Å². The summed E-state index contributed by atoms with van der Waals surface area (Å²) in [5, 5.41) is 0.846. The fraction of sp³-hybridized carbons (Fsp3) is 0.120. The Morgan fingerprint density at radius 1 is 0.969 bits per heavy atom. The molecule has 0 unspecified atom stereocenters. The summed E-state index contributed by atoms with van der Waals surface area (Å²) in [6.45, 7) is 0.572. The number of para-hydroxylation sites is 2. The second-order valence-corrected chi connectivity index (χ2v) is 7.71. The highest BCUT2D eigenvalue weighted by atomic mass is 16.2. The van der Waals surface area contributed by atoms with E-state index in [9.17, 15) is 9.59 Å². The number of nitrogens with one attached hydrogen (secondary N) is 2. The number of likely N-dealkylation sites (N-methyl/N-ethyl adjacent to an activating group) is 1. The Morgan fingerprint density at radius 2 is 1.81 bits per heavy atom. The molecule has 0 saturated heterocycles. The van der Waals surface area contributed by atoms with Crippen LogP contribution in [-0.2, 0) is 6.42 Å². The van der Waals surface area contributed by atoms with Crippen LogP contribution in [0.4, 0.5) is 0 Å². The van der Waals surface area contributed by atoms with Gasteiger partial charge in [-0.15, -0.1) is 0 Å². The summed E-state index contributed by atoms with van der Waals surface area (Å²) in [5.74, 6) is -0.0627. The summed E-state index contributed by atoms with van der Waals surface area (Å²) in [6.07, 6.45) is 2.44. The molecule has 2 aromatic carbocycles. The van der Waals surface area contributed by atoms with Crippen molar-refractivity contribution in [3.63, 3.8) is 0 Å². The van der Waals surface area contributed by atoms with Crippen LogP contribution in [0.3, 0.4) is 0 Å². The summed E-state index contributed by atoms with van der Waals surface area (Å²) in [5.41, 5.74) is 4.45. The number of pyridine rings is 1. The van der Waals surface area contributed by atoms with Gasteiger partial charge in [0.1, 0.15) is 0 Å². The lowest BCUT2D eigenvalue weighted by molar-refractivity contribution is 0.0796. The number of carbonyl (C=O) groups excluding carboxylic acids is 1. The van der Waals surface area contributed by atoms with Gasteiger partial charge in [0.05, 0.1) is 16.7 Å². The lowest BCUT2D eigenvalue weighted by atomic mass is 10.1. The average Bonchev–Trinajstić information content (AvgIpc) is 3.25. The molecule has 3 heterocycles. The summed E-state index contributed by atoms with van der Waals surface area (Å²) in [4.78, 5) is 42.1. The molecule has 0 saturated carbocycles. The molecule has 7 nitrogen and oxygen atoms in total. The number of aromatic nitrogens is 4. The Kier molecular flexibility index (Phi) is 4.99. The van der Waals surface area contributed by atoms with Crippen LogP contribution in [0.5, 0.6) is 0 Å². The smallest absolute Gasteiger partial charge is 0.276 e. The standard InChI is InChI=1S/C25H21N5O2/c1-30(13-11-18-6-4-5-12-26-18)25(32)16-9-10-19-17(14-16)15-22(27-19)23-24(31)29-21-8-3-2-7-20(21)28-23/h2-10,12,14-15,27H,11,13H2,1H3,(H,29,31). The molecule has 158 valence electrons. The number of rotatable bonds is 5. The Bertz CT molecular complexity index is 1490. The van der Waals surface area contributed by atoms with Crippen molar-refractivity contribution in [1.82, 2.24) is 24.8 Å². The van der Waals surface area contributed by atoms with Gasteiger partial charge < -0.3 is 14.9 Å². The Balaban J connectivity index is 1.41. The largest absolute Gasteiger partial charge is 0.353 e. The fourth-order valence-electron chi connectivity index (χ4n) is 3.76. The van der Waals surface area contributed by atoms with Crippen LogP contribution >= 0.6 is 0 Å². The molecule has 5 aromatic rings. The Hall–Kier alpha value is -4.26. The number of hydrogen-bond donors (Lipinski definition) is 2. The van der Waals surface area contributed by atoms with E-state index in [0.29, 0.717) is 41.0 Å². The van der Waals surface area contributed by atoms with Crippen LogP contribution < -0.4 is 5.56 Å². The number of carbonyl (C=O) groups is 1. The van der Waals surface area contributed by atoms with Crippen molar-refractivity contribution >= 4 is 27.8 Å². The monoisotopic (exact) mass is 423 g/mol. The van der Waals surface area contributed by atoms with E-state index in [1.54, 1.807) is 24.2 Å². The normalized spacial score (nSPS) is 11.2. The molecule has 3 aromatic heterocycles. The maximum Gasteiger partial charge on any atom is 0.276 e. The van der Waals surface area contributed by atoms with E-state index in [0.717, 1.165) is 16.6 Å². The molecule has 2 N–H and O–H groups in total. The van der Waals surface area contributed by atoms with Gasteiger partial charge in [-0.25, -0.2) is 4.98 Å². The molecule has 0 radical (unpaired) electrons. The molecule has 0 bridgehead atoms. The molecule has 1 amide bonds. The molecular weight excluding hydrogens is 402 g/mol. The van der Waals surface area contributed by atoms with E-state index in [2.05, 4.69) is 19.9 Å². The molecule has 0 atom stereocenters. The first-order valence-corrected chi connectivity index (χ1v) is 10.4. The lowest BCUT2D eigenvalue weighted by Gasteiger charge is -2.17. The average molecular weight is 423 g/mol. The SMILES string of the molecule is CN(CCc1ccccn1)C(=O)c1ccc2[nH]c(-c3nc4ccccc4[nH]c3=O)cc2c1. The summed E-state index contributed by atoms with van der Waals surface area (Å²) < 4.78 is 0. The van der Waals surface area contributed by atoms with E-state index in [1.807, 2.05) is 60.7 Å². The maximum absolute atomic E-state index is 12.9. The first-order valence-electron chi connectivity index (χ1n) is 10.4. The molecule has 0 aliphatic rings. The topological polar surface area (TPSA) is 94.7 Å². The minimum atomic E-state index is -0.263. The second-order valence-electron chi connectivity index (χ2n) is 7.71. The van der Waals surface area contributed by atoms with Crippen molar-refractivity contribution in [2.45, 2.75) is 6.42 Å². The Morgan fingerprint density at radius 3 is 2.66 bits per heavy atom. The van der Waals surface area contributed by atoms with Gasteiger partial charge in [-0.2, -0.15) is 0 Å². The van der Waals surface area contributed by atoms with Gasteiger partial charge in [-0.1, -0.05) is 18.2 Å². The minimum absolute atomic E-state index is 0.0627. The van der Waals surface area contributed by atoms with E-state index in [-0.39, 0.29) is 11.5 Å². The quantitative estimate of drug-likeness (QED) is 0.450. The van der Waals surface area contributed by atoms with Gasteiger partial charge in [0.15, 0.2) is 5.69 Å². The fourth-order valence-corrected chi connectivity index (χ4v) is 3.76. The number of fused-ring (bicyclic) bond motifs is 2. The van der Waals surface area contributed by atoms with E-state index in [4.69, 9.17) is 0 Å². The third-order valence-corrected chi connectivity index (χ3v) is 5.50. The van der Waals surface area contributed by atoms with Crippen LogP contribution in [0.15, 0.2) is 77.7 Å². The van der Waals surface area contributed by atoms with Crippen molar-refractivity contribution in [1.29, 1.82) is 0 Å². The zero-order valence-electron chi connectivity index (χ0n) is 17.5. The van der Waals surface area contributed by atoms with Crippen LogP contribution in [0.1, 0.15) is 16.1 Å². The van der Waals surface area contributed by atoms with Crippen molar-refractivity contribution in [2.75, 3.05) is 13.6 Å². The molecule has 0 aliphatic heterocycles. The molecule has 0 aliphatic carbocycles. The zero-order valence-corrected chi connectivity index (χ0v) is 17.5. The van der Waals surface area contributed by atoms with Gasteiger partial charge in [-0.05, 0) is 48.5 Å². The van der Waals surface area contributed by atoms with Gasteiger partial charge in [0.2, 0.25) is 0 Å². The van der Waals surface area contributed by atoms with Gasteiger partial charge in [0, 0.05) is 48.4 Å².